The smallest absolute Gasteiger partial charge is 0.335 e. The molecule has 1 atom stereocenters. The van der Waals surface area contributed by atoms with Crippen LogP contribution in [0.4, 0.5) is 0 Å². The SMILES string of the molecule is O=C(O)c1cccc(-c2ncc3n2CCC(O)C3)c1. The monoisotopic (exact) mass is 258 g/mol. The quantitative estimate of drug-likeness (QED) is 0.857. The summed E-state index contributed by atoms with van der Waals surface area (Å²) in [5.74, 6) is -0.173. The molecule has 5 heteroatoms. The van der Waals surface area contributed by atoms with Crippen LogP contribution >= 0.6 is 0 Å². The van der Waals surface area contributed by atoms with E-state index in [-0.39, 0.29) is 11.7 Å². The molecule has 0 fully saturated rings. The predicted molar refractivity (Wildman–Crippen MR) is 69.0 cm³/mol. The maximum Gasteiger partial charge on any atom is 0.335 e. The lowest BCUT2D eigenvalue weighted by molar-refractivity contribution is 0.0697. The van der Waals surface area contributed by atoms with Crippen molar-refractivity contribution < 1.29 is 15.0 Å². The Morgan fingerprint density at radius 3 is 3.05 bits per heavy atom. The van der Waals surface area contributed by atoms with Crippen LogP contribution in [-0.4, -0.2) is 31.8 Å². The Kier molecular flexibility index (Phi) is 2.83. The van der Waals surface area contributed by atoms with Crippen LogP contribution in [0.15, 0.2) is 30.5 Å². The summed E-state index contributed by atoms with van der Waals surface area (Å²) in [6, 6.07) is 6.77. The number of hydrogen-bond acceptors (Lipinski definition) is 3. The van der Waals surface area contributed by atoms with E-state index in [9.17, 15) is 9.90 Å². The zero-order chi connectivity index (χ0) is 13.4. The van der Waals surface area contributed by atoms with Crippen LogP contribution in [0.2, 0.25) is 0 Å². The fourth-order valence-electron chi connectivity index (χ4n) is 2.47. The highest BCUT2D eigenvalue weighted by Gasteiger charge is 2.20. The van der Waals surface area contributed by atoms with Crippen molar-refractivity contribution in [3.8, 4) is 11.4 Å². The van der Waals surface area contributed by atoms with Gasteiger partial charge in [0.1, 0.15) is 5.82 Å². The first-order valence-electron chi connectivity index (χ1n) is 6.21. The molecule has 0 amide bonds. The minimum atomic E-state index is -0.942. The molecule has 0 saturated heterocycles. The van der Waals surface area contributed by atoms with Crippen LogP contribution in [-0.2, 0) is 13.0 Å². The third kappa shape index (κ3) is 2.13. The number of aromatic carboxylic acids is 1. The second kappa shape index (κ2) is 4.51. The Bertz CT molecular complexity index is 633. The average Bonchev–Trinajstić information content (AvgIpc) is 2.81. The Morgan fingerprint density at radius 2 is 2.26 bits per heavy atom. The molecule has 0 radical (unpaired) electrons. The minimum Gasteiger partial charge on any atom is -0.478 e. The van der Waals surface area contributed by atoms with E-state index in [1.54, 1.807) is 24.4 Å². The summed E-state index contributed by atoms with van der Waals surface area (Å²) < 4.78 is 2.05. The molecule has 0 spiro atoms. The van der Waals surface area contributed by atoms with Gasteiger partial charge in [0, 0.05) is 30.4 Å². The molecule has 0 bridgehead atoms. The van der Waals surface area contributed by atoms with Gasteiger partial charge in [0.15, 0.2) is 0 Å². The summed E-state index contributed by atoms with van der Waals surface area (Å²) in [6.45, 7) is 0.711. The van der Waals surface area contributed by atoms with Gasteiger partial charge in [-0.25, -0.2) is 9.78 Å². The first kappa shape index (κ1) is 11.9. The van der Waals surface area contributed by atoms with Crippen LogP contribution in [0.1, 0.15) is 22.5 Å². The van der Waals surface area contributed by atoms with Crippen molar-refractivity contribution in [1.29, 1.82) is 0 Å². The van der Waals surface area contributed by atoms with Crippen molar-refractivity contribution in [2.75, 3.05) is 0 Å². The number of carboxylic acid groups (broad SMARTS) is 1. The molecule has 3 rings (SSSR count). The topological polar surface area (TPSA) is 75.3 Å². The normalized spacial score (nSPS) is 18.1. The second-order valence-electron chi connectivity index (χ2n) is 4.76. The highest BCUT2D eigenvalue weighted by Crippen LogP contribution is 2.25. The molecular weight excluding hydrogens is 244 g/mol. The van der Waals surface area contributed by atoms with E-state index in [2.05, 4.69) is 4.98 Å². The van der Waals surface area contributed by atoms with Gasteiger partial charge in [-0.2, -0.15) is 0 Å². The number of nitrogens with zero attached hydrogens (tertiary/aromatic N) is 2. The molecule has 1 aromatic carbocycles. The summed E-state index contributed by atoms with van der Waals surface area (Å²) in [5, 5.41) is 18.7. The fraction of sp³-hybridized carbons (Fsp3) is 0.286. The average molecular weight is 258 g/mol. The Balaban J connectivity index is 2.03. The molecule has 2 N–H and O–H groups in total. The largest absolute Gasteiger partial charge is 0.478 e. The first-order valence-corrected chi connectivity index (χ1v) is 6.21. The molecule has 5 nitrogen and oxygen atoms in total. The molecule has 1 aromatic heterocycles. The zero-order valence-corrected chi connectivity index (χ0v) is 10.3. The van der Waals surface area contributed by atoms with Crippen LogP contribution in [0.3, 0.4) is 0 Å². The third-order valence-corrected chi connectivity index (χ3v) is 3.44. The summed E-state index contributed by atoms with van der Waals surface area (Å²) >= 11 is 0. The minimum absolute atomic E-state index is 0.255. The summed E-state index contributed by atoms with van der Waals surface area (Å²) in [7, 11) is 0. The highest BCUT2D eigenvalue weighted by molar-refractivity contribution is 5.89. The first-order chi connectivity index (χ1) is 9.15. The van der Waals surface area contributed by atoms with Gasteiger partial charge in [-0.1, -0.05) is 12.1 Å². The molecule has 1 unspecified atom stereocenters. The third-order valence-electron chi connectivity index (χ3n) is 3.44. The van der Waals surface area contributed by atoms with E-state index < -0.39 is 5.97 Å². The number of hydrogen-bond donors (Lipinski definition) is 2. The second-order valence-corrected chi connectivity index (χ2v) is 4.76. The molecular formula is C14H14N2O3. The van der Waals surface area contributed by atoms with E-state index in [1.807, 2.05) is 10.6 Å². The molecule has 1 aliphatic heterocycles. The van der Waals surface area contributed by atoms with Crippen LogP contribution < -0.4 is 0 Å². The molecule has 19 heavy (non-hydrogen) atoms. The number of rotatable bonds is 2. The zero-order valence-electron chi connectivity index (χ0n) is 10.3. The Morgan fingerprint density at radius 1 is 1.42 bits per heavy atom. The molecule has 98 valence electrons. The van der Waals surface area contributed by atoms with Crippen LogP contribution in [0, 0.1) is 0 Å². The Labute approximate surface area is 110 Å². The number of fused-ring (bicyclic) bond motifs is 1. The maximum atomic E-state index is 11.0. The van der Waals surface area contributed by atoms with E-state index in [0.29, 0.717) is 19.4 Å². The summed E-state index contributed by atoms with van der Waals surface area (Å²) in [4.78, 5) is 15.4. The van der Waals surface area contributed by atoms with Crippen molar-refractivity contribution >= 4 is 5.97 Å². The standard InChI is InChI=1S/C14H14N2O3/c17-12-4-5-16-11(7-12)8-15-13(16)9-2-1-3-10(6-9)14(18)19/h1-3,6,8,12,17H,4-5,7H2,(H,18,19). The van der Waals surface area contributed by atoms with E-state index in [0.717, 1.165) is 17.1 Å². The Hall–Kier alpha value is -2.14. The van der Waals surface area contributed by atoms with E-state index >= 15 is 0 Å². The van der Waals surface area contributed by atoms with E-state index in [1.165, 1.54) is 0 Å². The predicted octanol–water partition coefficient (Wildman–Crippen LogP) is 1.56. The van der Waals surface area contributed by atoms with Gasteiger partial charge in [0.05, 0.1) is 11.7 Å². The number of imidazole rings is 1. The number of carbonyl (C=O) groups is 1. The van der Waals surface area contributed by atoms with Gasteiger partial charge in [-0.15, -0.1) is 0 Å². The van der Waals surface area contributed by atoms with Crippen LogP contribution in [0.5, 0.6) is 0 Å². The van der Waals surface area contributed by atoms with Gasteiger partial charge < -0.3 is 14.8 Å². The summed E-state index contributed by atoms with van der Waals surface area (Å²) in [6.07, 6.45) is 2.76. The number of benzene rings is 1. The molecule has 2 heterocycles. The van der Waals surface area contributed by atoms with Gasteiger partial charge >= 0.3 is 5.97 Å². The lowest BCUT2D eigenvalue weighted by Gasteiger charge is -2.21. The lowest BCUT2D eigenvalue weighted by atomic mass is 10.1. The lowest BCUT2D eigenvalue weighted by Crippen LogP contribution is -2.23. The number of aromatic nitrogens is 2. The van der Waals surface area contributed by atoms with Crippen molar-refractivity contribution in [2.24, 2.45) is 0 Å². The van der Waals surface area contributed by atoms with Crippen molar-refractivity contribution in [1.82, 2.24) is 9.55 Å². The van der Waals surface area contributed by atoms with Crippen LogP contribution in [0.25, 0.3) is 11.4 Å². The van der Waals surface area contributed by atoms with E-state index in [4.69, 9.17) is 5.11 Å². The molecule has 1 aliphatic rings. The van der Waals surface area contributed by atoms with Crippen molar-refractivity contribution in [2.45, 2.75) is 25.5 Å². The van der Waals surface area contributed by atoms with Crippen molar-refractivity contribution in [3.63, 3.8) is 0 Å². The number of carboxylic acids is 1. The maximum absolute atomic E-state index is 11.0. The van der Waals surface area contributed by atoms with Crippen molar-refractivity contribution in [3.05, 3.63) is 41.7 Å². The number of aliphatic hydroxyl groups is 1. The van der Waals surface area contributed by atoms with Gasteiger partial charge in [0.2, 0.25) is 0 Å². The molecule has 0 aliphatic carbocycles. The van der Waals surface area contributed by atoms with Gasteiger partial charge in [-0.3, -0.25) is 0 Å². The molecule has 0 saturated carbocycles. The molecule has 2 aromatic rings. The summed E-state index contributed by atoms with van der Waals surface area (Å²) in [5.41, 5.74) is 2.04. The van der Waals surface area contributed by atoms with Gasteiger partial charge in [-0.05, 0) is 18.6 Å². The fourth-order valence-corrected chi connectivity index (χ4v) is 2.47. The highest BCUT2D eigenvalue weighted by atomic mass is 16.4. The van der Waals surface area contributed by atoms with Gasteiger partial charge in [0.25, 0.3) is 0 Å². The number of aliphatic hydroxyl groups excluding tert-OH is 1.